The number of carbonyl (C=O) groups excluding carboxylic acids is 1. The average Bonchev–Trinajstić information content (AvgIpc) is 2.77. The highest BCUT2D eigenvalue weighted by Crippen LogP contribution is 2.21. The number of nitrogens with zero attached hydrogens (tertiary/aromatic N) is 2. The van der Waals surface area contributed by atoms with Gasteiger partial charge >= 0.3 is 0 Å². The van der Waals surface area contributed by atoms with E-state index in [9.17, 15) is 4.79 Å². The van der Waals surface area contributed by atoms with Gasteiger partial charge in [0.1, 0.15) is 0 Å². The van der Waals surface area contributed by atoms with Crippen molar-refractivity contribution in [2.24, 2.45) is 0 Å². The van der Waals surface area contributed by atoms with Gasteiger partial charge in [0, 0.05) is 49.7 Å². The molecule has 154 valence electrons. The van der Waals surface area contributed by atoms with Crippen molar-refractivity contribution in [3.63, 3.8) is 0 Å². The number of anilines is 2. The van der Waals surface area contributed by atoms with Crippen LogP contribution in [0.15, 0.2) is 72.8 Å². The van der Waals surface area contributed by atoms with Crippen molar-refractivity contribution in [1.29, 1.82) is 0 Å². The minimum absolute atomic E-state index is 0.0691. The Morgan fingerprint density at radius 3 is 2.20 bits per heavy atom. The molecule has 1 fully saturated rings. The second-order valence-electron chi connectivity index (χ2n) is 8.05. The van der Waals surface area contributed by atoms with Crippen molar-refractivity contribution in [3.8, 4) is 0 Å². The topological polar surface area (TPSA) is 35.6 Å². The lowest BCUT2D eigenvalue weighted by molar-refractivity contribution is 0.102. The molecule has 0 spiro atoms. The summed E-state index contributed by atoms with van der Waals surface area (Å²) in [5.41, 5.74) is 6.42. The van der Waals surface area contributed by atoms with E-state index in [4.69, 9.17) is 0 Å². The molecule has 3 aromatic rings. The lowest BCUT2D eigenvalue weighted by Gasteiger charge is -2.36. The van der Waals surface area contributed by atoms with Gasteiger partial charge in [-0.1, -0.05) is 36.4 Å². The van der Waals surface area contributed by atoms with E-state index in [1.807, 2.05) is 37.3 Å². The fraction of sp³-hybridized carbons (Fsp3) is 0.269. The molecule has 4 nitrogen and oxygen atoms in total. The van der Waals surface area contributed by atoms with E-state index in [0.717, 1.165) is 44.0 Å². The van der Waals surface area contributed by atoms with Gasteiger partial charge in [-0.25, -0.2) is 0 Å². The minimum Gasteiger partial charge on any atom is -0.369 e. The average molecular weight is 400 g/mol. The molecular formula is C26H29N3O. The third-order valence-corrected chi connectivity index (χ3v) is 5.88. The van der Waals surface area contributed by atoms with Crippen LogP contribution in [-0.4, -0.2) is 37.0 Å². The molecule has 0 radical (unpaired) electrons. The van der Waals surface area contributed by atoms with E-state index < -0.39 is 0 Å². The molecule has 1 aliphatic heterocycles. The van der Waals surface area contributed by atoms with Crippen LogP contribution < -0.4 is 10.2 Å². The molecule has 1 amide bonds. The van der Waals surface area contributed by atoms with Crippen LogP contribution in [0.2, 0.25) is 0 Å². The summed E-state index contributed by atoms with van der Waals surface area (Å²) in [6.45, 7) is 9.23. The lowest BCUT2D eigenvalue weighted by Crippen LogP contribution is -2.45. The van der Waals surface area contributed by atoms with E-state index in [1.54, 1.807) is 0 Å². The Hall–Kier alpha value is -3.11. The summed E-state index contributed by atoms with van der Waals surface area (Å²) in [5, 5.41) is 3.00. The Kier molecular flexibility index (Phi) is 6.15. The van der Waals surface area contributed by atoms with Crippen molar-refractivity contribution in [1.82, 2.24) is 4.90 Å². The number of hydrogen-bond acceptors (Lipinski definition) is 3. The monoisotopic (exact) mass is 399 g/mol. The molecule has 1 saturated heterocycles. The van der Waals surface area contributed by atoms with E-state index in [0.29, 0.717) is 5.56 Å². The van der Waals surface area contributed by atoms with Crippen molar-refractivity contribution in [2.75, 3.05) is 36.4 Å². The molecule has 4 heteroatoms. The molecule has 0 saturated carbocycles. The van der Waals surface area contributed by atoms with Crippen LogP contribution in [0.3, 0.4) is 0 Å². The highest BCUT2D eigenvalue weighted by atomic mass is 16.1. The van der Waals surface area contributed by atoms with Crippen LogP contribution in [0.25, 0.3) is 0 Å². The first-order chi connectivity index (χ1) is 14.6. The molecular weight excluding hydrogens is 370 g/mol. The predicted molar refractivity (Wildman–Crippen MR) is 124 cm³/mol. The largest absolute Gasteiger partial charge is 0.369 e. The van der Waals surface area contributed by atoms with Gasteiger partial charge < -0.3 is 10.2 Å². The fourth-order valence-electron chi connectivity index (χ4n) is 3.85. The highest BCUT2D eigenvalue weighted by Gasteiger charge is 2.17. The second kappa shape index (κ2) is 9.14. The number of aryl methyl sites for hydroxylation is 2. The molecule has 4 rings (SSSR count). The zero-order chi connectivity index (χ0) is 20.9. The standard InChI is InChI=1S/C26H29N3O/c1-20-8-9-23(18-21(20)2)26(30)27-24-10-12-25(13-11-24)29-16-14-28(15-17-29)19-22-6-4-3-5-7-22/h3-13,18H,14-17,19H2,1-2H3,(H,27,30). The molecule has 1 aliphatic rings. The van der Waals surface area contributed by atoms with E-state index in [1.165, 1.54) is 16.8 Å². The zero-order valence-corrected chi connectivity index (χ0v) is 17.8. The van der Waals surface area contributed by atoms with Crippen LogP contribution in [0.5, 0.6) is 0 Å². The van der Waals surface area contributed by atoms with Gasteiger partial charge in [-0.3, -0.25) is 9.69 Å². The van der Waals surface area contributed by atoms with E-state index in [-0.39, 0.29) is 5.91 Å². The third-order valence-electron chi connectivity index (χ3n) is 5.88. The Morgan fingerprint density at radius 2 is 1.53 bits per heavy atom. The maximum atomic E-state index is 12.5. The van der Waals surface area contributed by atoms with Gasteiger partial charge in [0.05, 0.1) is 0 Å². The number of benzene rings is 3. The molecule has 0 atom stereocenters. The Morgan fingerprint density at radius 1 is 0.833 bits per heavy atom. The van der Waals surface area contributed by atoms with Crippen LogP contribution in [0, 0.1) is 13.8 Å². The quantitative estimate of drug-likeness (QED) is 0.664. The number of rotatable bonds is 5. The molecule has 0 unspecified atom stereocenters. The molecule has 0 bridgehead atoms. The highest BCUT2D eigenvalue weighted by molar-refractivity contribution is 6.04. The second-order valence-corrected chi connectivity index (χ2v) is 8.05. The number of nitrogens with one attached hydrogen (secondary N) is 1. The van der Waals surface area contributed by atoms with Crippen LogP contribution in [-0.2, 0) is 6.54 Å². The number of carbonyl (C=O) groups is 1. The van der Waals surface area contributed by atoms with Crippen LogP contribution >= 0.6 is 0 Å². The molecule has 0 aliphatic carbocycles. The summed E-state index contributed by atoms with van der Waals surface area (Å²) in [7, 11) is 0. The molecule has 0 aromatic heterocycles. The Labute approximate surface area is 179 Å². The van der Waals surface area contributed by atoms with Crippen molar-refractivity contribution >= 4 is 17.3 Å². The third kappa shape index (κ3) is 4.89. The van der Waals surface area contributed by atoms with E-state index in [2.05, 4.69) is 64.5 Å². The summed E-state index contributed by atoms with van der Waals surface area (Å²) in [5.74, 6) is -0.0691. The van der Waals surface area contributed by atoms with E-state index >= 15 is 0 Å². The molecule has 3 aromatic carbocycles. The maximum Gasteiger partial charge on any atom is 0.255 e. The molecule has 1 N–H and O–H groups in total. The van der Waals surface area contributed by atoms with Crippen LogP contribution in [0.1, 0.15) is 27.0 Å². The number of amides is 1. The summed E-state index contributed by atoms with van der Waals surface area (Å²) >= 11 is 0. The van der Waals surface area contributed by atoms with Gasteiger partial charge in [-0.2, -0.15) is 0 Å². The Bertz CT molecular complexity index is 991. The maximum absolute atomic E-state index is 12.5. The number of piperazine rings is 1. The van der Waals surface area contributed by atoms with Crippen molar-refractivity contribution in [2.45, 2.75) is 20.4 Å². The van der Waals surface area contributed by atoms with Gasteiger partial charge in [0.25, 0.3) is 5.91 Å². The summed E-state index contributed by atoms with van der Waals surface area (Å²) in [6, 6.07) is 24.6. The van der Waals surface area contributed by atoms with Crippen molar-refractivity contribution < 1.29 is 4.79 Å². The SMILES string of the molecule is Cc1ccc(C(=O)Nc2ccc(N3CCN(Cc4ccccc4)CC3)cc2)cc1C. The lowest BCUT2D eigenvalue weighted by atomic mass is 10.1. The predicted octanol–water partition coefficient (Wildman–Crippen LogP) is 4.88. The first-order valence-electron chi connectivity index (χ1n) is 10.6. The van der Waals surface area contributed by atoms with Gasteiger partial charge in [-0.05, 0) is 66.9 Å². The van der Waals surface area contributed by atoms with Gasteiger partial charge in [0.2, 0.25) is 0 Å². The number of hydrogen-bond donors (Lipinski definition) is 1. The van der Waals surface area contributed by atoms with Crippen LogP contribution in [0.4, 0.5) is 11.4 Å². The fourth-order valence-corrected chi connectivity index (χ4v) is 3.85. The summed E-state index contributed by atoms with van der Waals surface area (Å²) in [6.07, 6.45) is 0. The van der Waals surface area contributed by atoms with Gasteiger partial charge in [-0.15, -0.1) is 0 Å². The summed E-state index contributed by atoms with van der Waals surface area (Å²) < 4.78 is 0. The molecule has 30 heavy (non-hydrogen) atoms. The van der Waals surface area contributed by atoms with Gasteiger partial charge in [0.15, 0.2) is 0 Å². The molecule has 1 heterocycles. The smallest absolute Gasteiger partial charge is 0.255 e. The van der Waals surface area contributed by atoms with Crippen molar-refractivity contribution in [3.05, 3.63) is 95.1 Å². The summed E-state index contributed by atoms with van der Waals surface area (Å²) in [4.78, 5) is 17.4. The Balaban J connectivity index is 1.31. The minimum atomic E-state index is -0.0691. The zero-order valence-electron chi connectivity index (χ0n) is 17.8. The normalized spacial score (nSPS) is 14.5. The first-order valence-corrected chi connectivity index (χ1v) is 10.6. The first kappa shape index (κ1) is 20.2.